The van der Waals surface area contributed by atoms with Gasteiger partial charge in [-0.2, -0.15) is 0 Å². The number of carbonyl (C=O) groups excluding carboxylic acids is 1. The highest BCUT2D eigenvalue weighted by Gasteiger charge is 2.58. The molecule has 0 radical (unpaired) electrons. The zero-order valence-corrected chi connectivity index (χ0v) is 16.8. The fourth-order valence-corrected chi connectivity index (χ4v) is 4.12. The smallest absolute Gasteiger partial charge is 0.329 e. The van der Waals surface area contributed by atoms with E-state index in [2.05, 4.69) is 5.32 Å². The number of amides is 1. The van der Waals surface area contributed by atoms with Crippen LogP contribution < -0.4 is 5.32 Å². The van der Waals surface area contributed by atoms with Gasteiger partial charge in [-0.15, -0.1) is 0 Å². The number of carbonyl (C=O) groups is 2. The largest absolute Gasteiger partial charge is 0.479 e. The van der Waals surface area contributed by atoms with Crippen molar-refractivity contribution in [2.75, 3.05) is 5.32 Å². The second-order valence-electron chi connectivity index (χ2n) is 7.81. The number of hydrogen-bond donors (Lipinski definition) is 2. The molecule has 3 aromatic carbocycles. The van der Waals surface area contributed by atoms with Crippen molar-refractivity contribution in [2.24, 2.45) is 0 Å². The predicted octanol–water partition coefficient (Wildman–Crippen LogP) is 5.32. The number of benzene rings is 3. The van der Waals surface area contributed by atoms with Crippen molar-refractivity contribution in [3.05, 3.63) is 82.9 Å². The van der Waals surface area contributed by atoms with Crippen LogP contribution in [0.15, 0.2) is 66.7 Å². The zero-order chi connectivity index (χ0) is 20.9. The molecule has 1 aliphatic heterocycles. The van der Waals surface area contributed by atoms with Crippen LogP contribution in [0.2, 0.25) is 5.02 Å². The maximum atomic E-state index is 12.9. The average Bonchev–Trinajstić information content (AvgIpc) is 3.50. The summed E-state index contributed by atoms with van der Waals surface area (Å²) in [6.07, 6.45) is 1.05. The molecule has 150 valence electrons. The minimum absolute atomic E-state index is 0.187. The third-order valence-electron chi connectivity index (χ3n) is 5.90. The average molecular weight is 419 g/mol. The maximum Gasteiger partial charge on any atom is 0.329 e. The first kappa shape index (κ1) is 18.7. The second-order valence-corrected chi connectivity index (χ2v) is 8.25. The standard InChI is InChI=1S/C24H19ClN2O3/c25-18-5-9-20(10-6-18)26-19-7-3-15(4-8-19)16-1-2-17-14-27(22(28)21(17)13-16)24(11-12-24)23(29)30/h1-10,13,26H,11-12,14H2,(H,29,30). The first-order valence-corrected chi connectivity index (χ1v) is 10.2. The number of carboxylic acids is 1. The SMILES string of the molecule is O=C1c2cc(-c3ccc(Nc4ccc(Cl)cc4)cc3)ccc2CN1C1(C(=O)O)CC1. The number of aliphatic carboxylic acids is 1. The lowest BCUT2D eigenvalue weighted by molar-refractivity contribution is -0.144. The van der Waals surface area contributed by atoms with E-state index in [9.17, 15) is 14.7 Å². The highest BCUT2D eigenvalue weighted by atomic mass is 35.5. The molecule has 5 nitrogen and oxygen atoms in total. The first-order valence-electron chi connectivity index (χ1n) is 9.78. The fraction of sp³-hybridized carbons (Fsp3) is 0.167. The molecule has 3 aromatic rings. The number of carboxylic acid groups (broad SMARTS) is 1. The van der Waals surface area contributed by atoms with Gasteiger partial charge in [0.25, 0.3) is 5.91 Å². The van der Waals surface area contributed by atoms with E-state index in [1.54, 1.807) is 0 Å². The summed E-state index contributed by atoms with van der Waals surface area (Å²) in [6.45, 7) is 0.366. The van der Waals surface area contributed by atoms with E-state index in [4.69, 9.17) is 11.6 Å². The van der Waals surface area contributed by atoms with Crippen LogP contribution in [0.5, 0.6) is 0 Å². The third kappa shape index (κ3) is 3.12. The van der Waals surface area contributed by atoms with E-state index in [-0.39, 0.29) is 5.91 Å². The van der Waals surface area contributed by atoms with E-state index < -0.39 is 11.5 Å². The van der Waals surface area contributed by atoms with Crippen molar-refractivity contribution < 1.29 is 14.7 Å². The van der Waals surface area contributed by atoms with Gasteiger partial charge in [-0.1, -0.05) is 35.9 Å². The second kappa shape index (κ2) is 6.89. The number of anilines is 2. The molecule has 30 heavy (non-hydrogen) atoms. The number of halogens is 1. The van der Waals surface area contributed by atoms with Gasteiger partial charge >= 0.3 is 5.97 Å². The maximum absolute atomic E-state index is 12.9. The summed E-state index contributed by atoms with van der Waals surface area (Å²) in [5.41, 5.74) is 4.29. The summed E-state index contributed by atoms with van der Waals surface area (Å²) in [5.74, 6) is -1.10. The minimum Gasteiger partial charge on any atom is -0.479 e. The molecule has 5 rings (SSSR count). The summed E-state index contributed by atoms with van der Waals surface area (Å²) in [4.78, 5) is 26.0. The Kier molecular flexibility index (Phi) is 4.29. The molecule has 6 heteroatoms. The molecule has 1 amide bonds. The van der Waals surface area contributed by atoms with Crippen molar-refractivity contribution in [3.8, 4) is 11.1 Å². The Morgan fingerprint density at radius 2 is 1.53 bits per heavy atom. The quantitative estimate of drug-likeness (QED) is 0.588. The summed E-state index contributed by atoms with van der Waals surface area (Å²) < 4.78 is 0. The normalized spacial score (nSPS) is 16.3. The van der Waals surface area contributed by atoms with Gasteiger partial charge in [0.05, 0.1) is 0 Å². The Morgan fingerprint density at radius 1 is 0.933 bits per heavy atom. The molecule has 0 unspecified atom stereocenters. The van der Waals surface area contributed by atoms with E-state index in [1.165, 1.54) is 4.90 Å². The van der Waals surface area contributed by atoms with Crippen LogP contribution in [0.25, 0.3) is 11.1 Å². The van der Waals surface area contributed by atoms with Gasteiger partial charge in [0, 0.05) is 28.5 Å². The number of nitrogens with zero attached hydrogens (tertiary/aromatic N) is 1. The third-order valence-corrected chi connectivity index (χ3v) is 6.16. The van der Waals surface area contributed by atoms with Crippen LogP contribution >= 0.6 is 11.6 Å². The summed E-state index contributed by atoms with van der Waals surface area (Å²) in [5, 5.41) is 13.5. The summed E-state index contributed by atoms with van der Waals surface area (Å²) >= 11 is 5.92. The van der Waals surface area contributed by atoms with Crippen molar-refractivity contribution >= 4 is 34.9 Å². The number of nitrogens with one attached hydrogen (secondary N) is 1. The molecular weight excluding hydrogens is 400 g/mol. The lowest BCUT2D eigenvalue weighted by Crippen LogP contribution is -2.43. The van der Waals surface area contributed by atoms with E-state index in [0.717, 1.165) is 28.1 Å². The molecule has 1 aliphatic carbocycles. The topological polar surface area (TPSA) is 69.6 Å². The molecule has 1 fully saturated rings. The molecule has 2 N–H and O–H groups in total. The number of fused-ring (bicyclic) bond motifs is 1. The van der Waals surface area contributed by atoms with Gasteiger partial charge < -0.3 is 15.3 Å². The highest BCUT2D eigenvalue weighted by Crippen LogP contribution is 2.46. The van der Waals surface area contributed by atoms with Crippen LogP contribution in [0.3, 0.4) is 0 Å². The monoisotopic (exact) mass is 418 g/mol. The highest BCUT2D eigenvalue weighted by molar-refractivity contribution is 6.30. The van der Waals surface area contributed by atoms with Gasteiger partial charge in [-0.25, -0.2) is 4.79 Å². The first-order chi connectivity index (χ1) is 14.5. The Balaban J connectivity index is 1.37. The van der Waals surface area contributed by atoms with Crippen molar-refractivity contribution in [1.29, 1.82) is 0 Å². The number of hydrogen-bond acceptors (Lipinski definition) is 3. The van der Waals surface area contributed by atoms with Gasteiger partial charge in [-0.3, -0.25) is 4.79 Å². The minimum atomic E-state index is -1.01. The number of rotatable bonds is 5. The Labute approximate surface area is 178 Å². The molecule has 0 aromatic heterocycles. The zero-order valence-electron chi connectivity index (χ0n) is 16.1. The summed E-state index contributed by atoms with van der Waals surface area (Å²) in [6, 6.07) is 21.2. The van der Waals surface area contributed by atoms with Crippen LogP contribution in [0.4, 0.5) is 11.4 Å². The molecule has 2 aliphatic rings. The molecule has 0 spiro atoms. The van der Waals surface area contributed by atoms with Crippen LogP contribution in [0, 0.1) is 0 Å². The molecule has 1 heterocycles. The Morgan fingerprint density at radius 3 is 2.13 bits per heavy atom. The lowest BCUT2D eigenvalue weighted by atomic mass is 10.00. The van der Waals surface area contributed by atoms with Gasteiger partial charge in [0.1, 0.15) is 5.54 Å². The predicted molar refractivity (Wildman–Crippen MR) is 116 cm³/mol. The molecule has 0 bridgehead atoms. The van der Waals surface area contributed by atoms with Crippen LogP contribution in [-0.2, 0) is 11.3 Å². The van der Waals surface area contributed by atoms with E-state index in [1.807, 2.05) is 66.7 Å². The van der Waals surface area contributed by atoms with Crippen molar-refractivity contribution in [3.63, 3.8) is 0 Å². The van der Waals surface area contributed by atoms with Gasteiger partial charge in [0.15, 0.2) is 0 Å². The van der Waals surface area contributed by atoms with E-state index in [0.29, 0.717) is 30.0 Å². The Bertz CT molecular complexity index is 1150. The lowest BCUT2D eigenvalue weighted by Gasteiger charge is -2.23. The molecule has 0 atom stereocenters. The van der Waals surface area contributed by atoms with Gasteiger partial charge in [0.2, 0.25) is 0 Å². The fourth-order valence-electron chi connectivity index (χ4n) is 3.99. The van der Waals surface area contributed by atoms with Crippen LogP contribution in [0.1, 0.15) is 28.8 Å². The Hall–Kier alpha value is -3.31. The summed E-state index contributed by atoms with van der Waals surface area (Å²) in [7, 11) is 0. The molecule has 1 saturated carbocycles. The van der Waals surface area contributed by atoms with Crippen molar-refractivity contribution in [2.45, 2.75) is 24.9 Å². The van der Waals surface area contributed by atoms with E-state index >= 15 is 0 Å². The molecule has 0 saturated heterocycles. The van der Waals surface area contributed by atoms with Crippen LogP contribution in [-0.4, -0.2) is 27.4 Å². The van der Waals surface area contributed by atoms with Crippen molar-refractivity contribution in [1.82, 2.24) is 4.90 Å². The van der Waals surface area contributed by atoms with Gasteiger partial charge in [-0.05, 0) is 72.0 Å². The molecular formula is C24H19ClN2O3.